The second-order valence-corrected chi connectivity index (χ2v) is 5.54. The molecule has 0 bridgehead atoms. The molecule has 0 aromatic heterocycles. The summed E-state index contributed by atoms with van der Waals surface area (Å²) in [4.78, 5) is 13.6. The number of amides is 1. The topological polar surface area (TPSA) is 58.4 Å². The lowest BCUT2D eigenvalue weighted by molar-refractivity contribution is -0.123. The van der Waals surface area contributed by atoms with Crippen molar-refractivity contribution in [3.05, 3.63) is 0 Å². The maximum atomic E-state index is 11.3. The number of hydrogen-bond donors (Lipinski definition) is 2. The fraction of sp³-hybridized carbons (Fsp3) is 0.923. The van der Waals surface area contributed by atoms with Crippen LogP contribution in [0.25, 0.3) is 0 Å². The lowest BCUT2D eigenvalue weighted by Gasteiger charge is -2.26. The van der Waals surface area contributed by atoms with Gasteiger partial charge in [0.2, 0.25) is 5.91 Å². The second kappa shape index (κ2) is 7.67. The third-order valence-electron chi connectivity index (χ3n) is 3.40. The molecule has 0 radical (unpaired) electrons. The average molecular weight is 243 g/mol. The van der Waals surface area contributed by atoms with Crippen LogP contribution in [0.1, 0.15) is 40.0 Å². The highest BCUT2D eigenvalue weighted by molar-refractivity contribution is 5.84. The van der Waals surface area contributed by atoms with Crippen LogP contribution in [0, 0.1) is 5.92 Å². The minimum Gasteiger partial charge on any atom is -0.368 e. The van der Waals surface area contributed by atoms with E-state index >= 15 is 0 Å². The van der Waals surface area contributed by atoms with Crippen molar-refractivity contribution >= 4 is 5.91 Å². The molecule has 0 saturated carbocycles. The zero-order valence-electron chi connectivity index (χ0n) is 12.0. The van der Waals surface area contributed by atoms with Crippen LogP contribution in [0.5, 0.6) is 0 Å². The van der Waals surface area contributed by atoms with Crippen molar-refractivity contribution in [3.8, 4) is 0 Å². The summed E-state index contributed by atoms with van der Waals surface area (Å²) in [7, 11) is 3.91. The number of carbonyl (C=O) groups excluding carboxylic acids is 1. The Morgan fingerprint density at radius 2 is 2.00 bits per heavy atom. The van der Waals surface area contributed by atoms with Gasteiger partial charge in [-0.1, -0.05) is 13.8 Å². The summed E-state index contributed by atoms with van der Waals surface area (Å²) < 4.78 is 0. The number of carbonyl (C=O) groups is 1. The molecule has 0 aliphatic rings. The minimum atomic E-state index is -0.571. The molecule has 0 aliphatic heterocycles. The summed E-state index contributed by atoms with van der Waals surface area (Å²) in [5.74, 6) is 0.468. The highest BCUT2D eigenvalue weighted by Gasteiger charge is 2.28. The highest BCUT2D eigenvalue weighted by atomic mass is 16.1. The Kier molecular flexibility index (Phi) is 7.39. The molecular formula is C13H29N3O. The van der Waals surface area contributed by atoms with E-state index in [9.17, 15) is 4.79 Å². The Hall–Kier alpha value is -0.610. The van der Waals surface area contributed by atoms with Crippen LogP contribution in [-0.2, 0) is 4.79 Å². The first kappa shape index (κ1) is 16.4. The Morgan fingerprint density at radius 3 is 2.41 bits per heavy atom. The number of nitrogens with one attached hydrogen (secondary N) is 1. The predicted molar refractivity (Wildman–Crippen MR) is 72.8 cm³/mol. The summed E-state index contributed by atoms with van der Waals surface area (Å²) >= 11 is 0. The van der Waals surface area contributed by atoms with Crippen molar-refractivity contribution in [3.63, 3.8) is 0 Å². The summed E-state index contributed by atoms with van der Waals surface area (Å²) in [5.41, 5.74) is 4.81. The quantitative estimate of drug-likeness (QED) is 0.640. The monoisotopic (exact) mass is 243 g/mol. The van der Waals surface area contributed by atoms with Gasteiger partial charge in [0.15, 0.2) is 0 Å². The van der Waals surface area contributed by atoms with Gasteiger partial charge in [0.25, 0.3) is 0 Å². The zero-order valence-corrected chi connectivity index (χ0v) is 12.0. The van der Waals surface area contributed by atoms with E-state index in [1.807, 2.05) is 6.92 Å². The number of primary amides is 1. The Labute approximate surface area is 106 Å². The second-order valence-electron chi connectivity index (χ2n) is 5.54. The van der Waals surface area contributed by atoms with E-state index in [2.05, 4.69) is 31.1 Å². The first-order valence-corrected chi connectivity index (χ1v) is 6.49. The number of nitrogens with zero attached hydrogens (tertiary/aromatic N) is 1. The molecule has 17 heavy (non-hydrogen) atoms. The summed E-state index contributed by atoms with van der Waals surface area (Å²) in [5, 5.41) is 3.01. The highest BCUT2D eigenvalue weighted by Crippen LogP contribution is 2.11. The first-order valence-electron chi connectivity index (χ1n) is 6.49. The van der Waals surface area contributed by atoms with Crippen LogP contribution in [0.4, 0.5) is 0 Å². The molecule has 0 aliphatic carbocycles. The number of hydrogen-bond acceptors (Lipinski definition) is 3. The molecule has 4 heteroatoms. The van der Waals surface area contributed by atoms with Gasteiger partial charge in [0.1, 0.15) is 0 Å². The summed E-state index contributed by atoms with van der Waals surface area (Å²) in [6.45, 7) is 8.46. The van der Waals surface area contributed by atoms with Crippen LogP contribution < -0.4 is 11.1 Å². The minimum absolute atomic E-state index is 0.273. The fourth-order valence-corrected chi connectivity index (χ4v) is 1.66. The normalized spacial score (nSPS) is 15.2. The molecular weight excluding hydrogens is 214 g/mol. The van der Waals surface area contributed by atoms with Crippen LogP contribution in [0.3, 0.4) is 0 Å². The van der Waals surface area contributed by atoms with Crippen molar-refractivity contribution in [1.29, 1.82) is 0 Å². The molecule has 4 nitrogen and oxygen atoms in total. The van der Waals surface area contributed by atoms with Gasteiger partial charge >= 0.3 is 0 Å². The number of likely N-dealkylation sites (N-methyl/N-ethyl adjacent to an activating group) is 1. The lowest BCUT2D eigenvalue weighted by atomic mass is 9.95. The molecule has 0 aromatic rings. The molecule has 0 saturated heterocycles. The van der Waals surface area contributed by atoms with Gasteiger partial charge in [-0.15, -0.1) is 0 Å². The Balaban J connectivity index is 3.85. The molecule has 0 fully saturated rings. The van der Waals surface area contributed by atoms with Gasteiger partial charge in [-0.2, -0.15) is 0 Å². The largest absolute Gasteiger partial charge is 0.368 e. The molecule has 3 N–H and O–H groups in total. The van der Waals surface area contributed by atoms with Crippen molar-refractivity contribution < 1.29 is 4.79 Å². The molecule has 1 atom stereocenters. The summed E-state index contributed by atoms with van der Waals surface area (Å²) in [6, 6.07) is 0. The molecule has 0 spiro atoms. The van der Waals surface area contributed by atoms with Crippen molar-refractivity contribution in [2.24, 2.45) is 11.7 Å². The third-order valence-corrected chi connectivity index (χ3v) is 3.40. The van der Waals surface area contributed by atoms with Crippen LogP contribution >= 0.6 is 0 Å². The van der Waals surface area contributed by atoms with Crippen molar-refractivity contribution in [1.82, 2.24) is 10.2 Å². The molecule has 1 unspecified atom stereocenters. The first-order chi connectivity index (χ1) is 7.81. The van der Waals surface area contributed by atoms with E-state index in [-0.39, 0.29) is 5.91 Å². The van der Waals surface area contributed by atoms with E-state index in [0.29, 0.717) is 0 Å². The van der Waals surface area contributed by atoms with Crippen molar-refractivity contribution in [2.45, 2.75) is 45.6 Å². The van der Waals surface area contributed by atoms with E-state index in [4.69, 9.17) is 5.73 Å². The van der Waals surface area contributed by atoms with E-state index in [0.717, 1.165) is 31.8 Å². The van der Waals surface area contributed by atoms with Gasteiger partial charge < -0.3 is 16.0 Å². The smallest absolute Gasteiger partial charge is 0.237 e. The molecule has 0 rings (SSSR count). The van der Waals surface area contributed by atoms with Gasteiger partial charge in [-0.3, -0.25) is 4.79 Å². The van der Waals surface area contributed by atoms with Gasteiger partial charge in [0.05, 0.1) is 5.54 Å². The third kappa shape index (κ3) is 6.64. The maximum Gasteiger partial charge on any atom is 0.237 e. The van der Waals surface area contributed by atoms with E-state index in [1.165, 1.54) is 6.42 Å². The van der Waals surface area contributed by atoms with Crippen molar-refractivity contribution in [2.75, 3.05) is 27.2 Å². The van der Waals surface area contributed by atoms with E-state index in [1.54, 1.807) is 7.05 Å². The van der Waals surface area contributed by atoms with Crippen LogP contribution in [0.15, 0.2) is 0 Å². The summed E-state index contributed by atoms with van der Waals surface area (Å²) in [6.07, 6.45) is 2.98. The van der Waals surface area contributed by atoms with Gasteiger partial charge in [-0.05, 0) is 59.3 Å². The average Bonchev–Trinajstić information content (AvgIpc) is 2.25. The lowest BCUT2D eigenvalue weighted by Crippen LogP contribution is -2.51. The maximum absolute atomic E-state index is 11.3. The number of nitrogens with two attached hydrogens (primary N) is 1. The fourth-order valence-electron chi connectivity index (χ4n) is 1.66. The molecule has 1 amide bonds. The molecule has 0 aromatic carbocycles. The Morgan fingerprint density at radius 1 is 1.41 bits per heavy atom. The predicted octanol–water partition coefficient (Wildman–Crippen LogP) is 1.21. The van der Waals surface area contributed by atoms with Crippen LogP contribution in [-0.4, -0.2) is 43.5 Å². The van der Waals surface area contributed by atoms with Crippen LogP contribution in [0.2, 0.25) is 0 Å². The van der Waals surface area contributed by atoms with E-state index < -0.39 is 5.54 Å². The standard InChI is InChI=1S/C13H29N3O/c1-11(2)7-10-16(5)9-6-8-13(3,15-4)12(14)17/h11,15H,6-10H2,1-5H3,(H2,14,17). The Bertz CT molecular complexity index is 231. The SMILES string of the molecule is CNC(C)(CCCN(C)CCC(C)C)C(N)=O. The molecule has 0 heterocycles. The number of rotatable bonds is 9. The molecule has 102 valence electrons. The zero-order chi connectivity index (χ0) is 13.5. The van der Waals surface area contributed by atoms with Gasteiger partial charge in [0, 0.05) is 0 Å². The van der Waals surface area contributed by atoms with Gasteiger partial charge in [-0.25, -0.2) is 0 Å².